The van der Waals surface area contributed by atoms with Crippen LogP contribution in [0.2, 0.25) is 0 Å². The van der Waals surface area contributed by atoms with Crippen molar-refractivity contribution in [3.05, 3.63) is 0 Å². The molecule has 0 aliphatic carbocycles. The van der Waals surface area contributed by atoms with E-state index in [1.165, 1.54) is 0 Å². The maximum atomic E-state index is 12.9. The van der Waals surface area contributed by atoms with Crippen LogP contribution < -0.4 is 10.6 Å². The molecular formula is C16H28N4O3. The second kappa shape index (κ2) is 6.47. The van der Waals surface area contributed by atoms with Gasteiger partial charge in [-0.1, -0.05) is 13.8 Å². The Balaban J connectivity index is 2.19. The summed E-state index contributed by atoms with van der Waals surface area (Å²) in [5.74, 6) is 0.544. The minimum absolute atomic E-state index is 0.0375. The third-order valence-corrected chi connectivity index (χ3v) is 3.74. The SMILES string of the molecule is CC(C)CN1C(=O)C2(CCCNC2)N=C1NC(=O)OC(C)(C)C. The zero-order valence-electron chi connectivity index (χ0n) is 14.7. The number of carbonyl (C=O) groups excluding carboxylic acids is 2. The molecule has 2 amide bonds. The monoisotopic (exact) mass is 324 g/mol. The third-order valence-electron chi connectivity index (χ3n) is 3.74. The number of amides is 2. The van der Waals surface area contributed by atoms with Gasteiger partial charge in [-0.25, -0.2) is 9.79 Å². The molecule has 0 saturated carbocycles. The van der Waals surface area contributed by atoms with E-state index in [1.54, 1.807) is 25.7 Å². The maximum absolute atomic E-state index is 12.9. The molecule has 1 saturated heterocycles. The summed E-state index contributed by atoms with van der Waals surface area (Å²) < 4.78 is 5.28. The molecule has 0 aromatic rings. The van der Waals surface area contributed by atoms with Gasteiger partial charge in [0.15, 0.2) is 5.54 Å². The molecule has 7 heteroatoms. The van der Waals surface area contributed by atoms with Crippen molar-refractivity contribution in [3.8, 4) is 0 Å². The largest absolute Gasteiger partial charge is 0.444 e. The zero-order valence-corrected chi connectivity index (χ0v) is 14.7. The van der Waals surface area contributed by atoms with Gasteiger partial charge in [-0.15, -0.1) is 0 Å². The highest BCUT2D eigenvalue weighted by molar-refractivity contribution is 6.11. The summed E-state index contributed by atoms with van der Waals surface area (Å²) in [6.45, 7) is 11.4. The number of nitrogens with one attached hydrogen (secondary N) is 2. The van der Waals surface area contributed by atoms with Gasteiger partial charge in [0.05, 0.1) is 0 Å². The first-order chi connectivity index (χ1) is 10.6. The van der Waals surface area contributed by atoms with Crippen LogP contribution in [0.25, 0.3) is 0 Å². The number of hydrogen-bond acceptors (Lipinski definition) is 5. The molecule has 1 fully saturated rings. The average molecular weight is 324 g/mol. The van der Waals surface area contributed by atoms with Crippen LogP contribution in [-0.2, 0) is 9.53 Å². The van der Waals surface area contributed by atoms with Gasteiger partial charge in [-0.2, -0.15) is 0 Å². The van der Waals surface area contributed by atoms with Gasteiger partial charge in [0.25, 0.3) is 5.91 Å². The smallest absolute Gasteiger partial charge is 0.414 e. The highest BCUT2D eigenvalue weighted by Gasteiger charge is 2.49. The normalized spacial score (nSPS) is 25.0. The molecule has 0 aromatic carbocycles. The number of carbonyl (C=O) groups is 2. The van der Waals surface area contributed by atoms with Crippen LogP contribution in [0.4, 0.5) is 4.79 Å². The molecule has 0 bridgehead atoms. The lowest BCUT2D eigenvalue weighted by Gasteiger charge is -2.30. The van der Waals surface area contributed by atoms with Crippen molar-refractivity contribution in [2.24, 2.45) is 10.9 Å². The molecule has 130 valence electrons. The summed E-state index contributed by atoms with van der Waals surface area (Å²) in [5.41, 5.74) is -1.38. The molecule has 2 rings (SSSR count). The molecule has 7 nitrogen and oxygen atoms in total. The molecule has 1 spiro atoms. The van der Waals surface area contributed by atoms with Crippen molar-refractivity contribution in [1.29, 1.82) is 0 Å². The number of alkyl carbamates (subject to hydrolysis) is 1. The summed E-state index contributed by atoms with van der Waals surface area (Å²) in [7, 11) is 0. The van der Waals surface area contributed by atoms with Crippen LogP contribution in [0.15, 0.2) is 4.99 Å². The van der Waals surface area contributed by atoms with E-state index in [0.717, 1.165) is 13.0 Å². The Hall–Kier alpha value is -1.63. The maximum Gasteiger partial charge on any atom is 0.414 e. The first kappa shape index (κ1) is 17.7. The molecule has 2 aliphatic heterocycles. The molecule has 2 aliphatic rings. The van der Waals surface area contributed by atoms with E-state index in [2.05, 4.69) is 15.6 Å². The van der Waals surface area contributed by atoms with Crippen LogP contribution in [0.5, 0.6) is 0 Å². The summed E-state index contributed by atoms with van der Waals surface area (Å²) >= 11 is 0. The molecule has 1 atom stereocenters. The van der Waals surface area contributed by atoms with Gasteiger partial charge in [-0.3, -0.25) is 15.0 Å². The Morgan fingerprint density at radius 3 is 2.70 bits per heavy atom. The molecule has 2 heterocycles. The Morgan fingerprint density at radius 2 is 2.17 bits per heavy atom. The summed E-state index contributed by atoms with van der Waals surface area (Å²) in [6, 6.07) is 0. The number of nitrogens with zero attached hydrogens (tertiary/aromatic N) is 2. The number of guanidine groups is 1. The minimum Gasteiger partial charge on any atom is -0.444 e. The first-order valence-electron chi connectivity index (χ1n) is 8.25. The summed E-state index contributed by atoms with van der Waals surface area (Å²) in [5, 5.41) is 5.89. The molecule has 0 radical (unpaired) electrons. The standard InChI is InChI=1S/C16H28N4O3/c1-11(2)9-20-12(21)16(7-6-8-17-10-16)19-13(20)18-14(22)23-15(3,4)5/h11,17H,6-10H2,1-5H3,(H,18,19,22). The second-order valence-corrected chi connectivity index (χ2v) is 7.68. The lowest BCUT2D eigenvalue weighted by molar-refractivity contribution is -0.132. The van der Waals surface area contributed by atoms with E-state index in [9.17, 15) is 9.59 Å². The van der Waals surface area contributed by atoms with E-state index in [1.807, 2.05) is 13.8 Å². The van der Waals surface area contributed by atoms with Gasteiger partial charge in [-0.05, 0) is 46.1 Å². The summed E-state index contributed by atoms with van der Waals surface area (Å²) in [4.78, 5) is 31.1. The third kappa shape index (κ3) is 4.22. The van der Waals surface area contributed by atoms with Gasteiger partial charge in [0.1, 0.15) is 5.60 Å². The van der Waals surface area contributed by atoms with Gasteiger partial charge >= 0.3 is 6.09 Å². The Labute approximate surface area is 137 Å². The van der Waals surface area contributed by atoms with E-state index >= 15 is 0 Å². The number of aliphatic imine (C=N–C) groups is 1. The van der Waals surface area contributed by atoms with E-state index < -0.39 is 17.2 Å². The number of rotatable bonds is 2. The highest BCUT2D eigenvalue weighted by Crippen LogP contribution is 2.29. The molecule has 23 heavy (non-hydrogen) atoms. The van der Waals surface area contributed by atoms with Crippen LogP contribution in [-0.4, -0.2) is 53.6 Å². The van der Waals surface area contributed by atoms with Crippen LogP contribution in [0.3, 0.4) is 0 Å². The molecule has 0 aromatic heterocycles. The topological polar surface area (TPSA) is 83.0 Å². The van der Waals surface area contributed by atoms with Crippen LogP contribution in [0, 0.1) is 5.92 Å². The summed E-state index contributed by atoms with van der Waals surface area (Å²) in [6.07, 6.45) is 1.01. The Kier molecular flexibility index (Phi) is 4.98. The van der Waals surface area contributed by atoms with Crippen molar-refractivity contribution < 1.29 is 14.3 Å². The van der Waals surface area contributed by atoms with Gasteiger partial charge in [0, 0.05) is 13.1 Å². The lowest BCUT2D eigenvalue weighted by atomic mass is 9.90. The molecular weight excluding hydrogens is 296 g/mol. The van der Waals surface area contributed by atoms with Gasteiger partial charge < -0.3 is 10.1 Å². The van der Waals surface area contributed by atoms with Crippen molar-refractivity contribution in [2.75, 3.05) is 19.6 Å². The predicted octanol–water partition coefficient (Wildman–Crippen LogP) is 1.49. The fourth-order valence-corrected chi connectivity index (χ4v) is 2.85. The highest BCUT2D eigenvalue weighted by atomic mass is 16.6. The lowest BCUT2D eigenvalue weighted by Crippen LogP contribution is -2.53. The van der Waals surface area contributed by atoms with E-state index in [0.29, 0.717) is 25.5 Å². The molecule has 1 unspecified atom stereocenters. The number of ether oxygens (including phenoxy) is 1. The first-order valence-corrected chi connectivity index (χ1v) is 8.25. The Bertz CT molecular complexity index is 502. The van der Waals surface area contributed by atoms with Gasteiger partial charge in [0.2, 0.25) is 5.96 Å². The Morgan fingerprint density at radius 1 is 1.48 bits per heavy atom. The minimum atomic E-state index is -0.780. The van der Waals surface area contributed by atoms with Crippen molar-refractivity contribution >= 4 is 18.0 Å². The van der Waals surface area contributed by atoms with E-state index in [-0.39, 0.29) is 11.8 Å². The number of piperidine rings is 1. The van der Waals surface area contributed by atoms with Crippen molar-refractivity contribution in [3.63, 3.8) is 0 Å². The average Bonchev–Trinajstić information content (AvgIpc) is 2.63. The van der Waals surface area contributed by atoms with Crippen molar-refractivity contribution in [2.45, 2.75) is 58.6 Å². The second-order valence-electron chi connectivity index (χ2n) is 7.68. The fourth-order valence-electron chi connectivity index (χ4n) is 2.85. The van der Waals surface area contributed by atoms with E-state index in [4.69, 9.17) is 4.74 Å². The zero-order chi connectivity index (χ0) is 17.3. The van der Waals surface area contributed by atoms with Crippen molar-refractivity contribution in [1.82, 2.24) is 15.5 Å². The fraction of sp³-hybridized carbons (Fsp3) is 0.812. The predicted molar refractivity (Wildman–Crippen MR) is 88.2 cm³/mol. The van der Waals surface area contributed by atoms with Crippen LogP contribution in [0.1, 0.15) is 47.5 Å². The molecule has 2 N–H and O–H groups in total. The quantitative estimate of drug-likeness (QED) is 0.806. The van der Waals surface area contributed by atoms with Crippen LogP contribution >= 0.6 is 0 Å². The number of hydrogen-bond donors (Lipinski definition) is 2.